The van der Waals surface area contributed by atoms with Crippen LogP contribution in [0, 0.1) is 18.8 Å². The van der Waals surface area contributed by atoms with Gasteiger partial charge in [-0.05, 0) is 19.1 Å². The van der Waals surface area contributed by atoms with Gasteiger partial charge in [-0.1, -0.05) is 24.0 Å². The third kappa shape index (κ3) is 3.42. The maximum Gasteiger partial charge on any atom is 0.263 e. The average Bonchev–Trinajstić information content (AvgIpc) is 2.74. The van der Waals surface area contributed by atoms with Gasteiger partial charge in [0.05, 0.1) is 11.4 Å². The summed E-state index contributed by atoms with van der Waals surface area (Å²) < 4.78 is 29.0. The molecule has 0 unspecified atom stereocenters. The number of aryl methyl sites for hydroxylation is 2. The quantitative estimate of drug-likeness (QED) is 0.824. The summed E-state index contributed by atoms with van der Waals surface area (Å²) in [5.74, 6) is 5.09. The first kappa shape index (κ1) is 15.1. The molecule has 0 amide bonds. The Kier molecular flexibility index (Phi) is 4.31. The van der Waals surface area contributed by atoms with Crippen molar-refractivity contribution >= 4 is 15.7 Å². The number of sulfonamides is 1. The van der Waals surface area contributed by atoms with Crippen LogP contribution in [0.1, 0.15) is 11.3 Å². The van der Waals surface area contributed by atoms with Crippen LogP contribution in [0.15, 0.2) is 35.4 Å². The summed E-state index contributed by atoms with van der Waals surface area (Å²) in [6, 6.07) is 6.37. The first-order valence-corrected chi connectivity index (χ1v) is 7.64. The molecule has 2 N–H and O–H groups in total. The first-order chi connectivity index (χ1) is 9.94. The number of nitrogens with zero attached hydrogens (tertiary/aromatic N) is 2. The minimum absolute atomic E-state index is 0.0641. The smallest absolute Gasteiger partial charge is 0.263 e. The highest BCUT2D eigenvalue weighted by Crippen LogP contribution is 2.20. The predicted molar refractivity (Wildman–Crippen MR) is 79.2 cm³/mol. The van der Waals surface area contributed by atoms with Gasteiger partial charge in [-0.2, -0.15) is 5.10 Å². The van der Waals surface area contributed by atoms with Gasteiger partial charge in [-0.25, -0.2) is 8.42 Å². The van der Waals surface area contributed by atoms with Gasteiger partial charge in [-0.15, -0.1) is 0 Å². The predicted octanol–water partition coefficient (Wildman–Crippen LogP) is 0.873. The fourth-order valence-corrected chi connectivity index (χ4v) is 3.10. The Balaban J connectivity index is 2.43. The highest BCUT2D eigenvalue weighted by molar-refractivity contribution is 7.92. The van der Waals surface area contributed by atoms with Crippen LogP contribution < -0.4 is 4.72 Å². The molecular formula is C14H15N3O3S. The van der Waals surface area contributed by atoms with Gasteiger partial charge in [-0.3, -0.25) is 9.40 Å². The highest BCUT2D eigenvalue weighted by Gasteiger charge is 2.19. The molecule has 0 radical (unpaired) electrons. The van der Waals surface area contributed by atoms with Gasteiger partial charge in [0.1, 0.15) is 11.5 Å². The van der Waals surface area contributed by atoms with Crippen molar-refractivity contribution in [1.82, 2.24) is 9.78 Å². The lowest BCUT2D eigenvalue weighted by Gasteiger charge is -2.08. The van der Waals surface area contributed by atoms with E-state index in [9.17, 15) is 8.42 Å². The van der Waals surface area contributed by atoms with Gasteiger partial charge >= 0.3 is 0 Å². The van der Waals surface area contributed by atoms with Crippen molar-refractivity contribution < 1.29 is 13.5 Å². The van der Waals surface area contributed by atoms with E-state index in [-0.39, 0.29) is 11.5 Å². The number of nitrogens with one attached hydrogen (secondary N) is 1. The van der Waals surface area contributed by atoms with E-state index < -0.39 is 10.0 Å². The second kappa shape index (κ2) is 5.99. The molecule has 0 saturated heterocycles. The van der Waals surface area contributed by atoms with Crippen molar-refractivity contribution in [2.45, 2.75) is 11.8 Å². The molecule has 0 spiro atoms. The van der Waals surface area contributed by atoms with Gasteiger partial charge in [0.2, 0.25) is 0 Å². The summed E-state index contributed by atoms with van der Waals surface area (Å²) in [7, 11) is -2.06. The molecule has 1 heterocycles. The van der Waals surface area contributed by atoms with Crippen LogP contribution in [0.4, 0.5) is 5.69 Å². The SMILES string of the molecule is Cc1nn(C)cc1NS(=O)(=O)c1ccccc1C#CCO. The van der Waals surface area contributed by atoms with Crippen LogP contribution in [-0.4, -0.2) is 29.9 Å². The molecule has 2 rings (SSSR count). The van der Waals surface area contributed by atoms with Crippen LogP contribution >= 0.6 is 0 Å². The normalized spacial score (nSPS) is 10.8. The van der Waals surface area contributed by atoms with Gasteiger partial charge < -0.3 is 5.11 Å². The Bertz CT molecular complexity index is 813. The number of aliphatic hydroxyl groups is 1. The van der Waals surface area contributed by atoms with Crippen molar-refractivity contribution in [3.63, 3.8) is 0 Å². The van der Waals surface area contributed by atoms with E-state index in [4.69, 9.17) is 5.11 Å². The van der Waals surface area contributed by atoms with E-state index in [1.807, 2.05) is 0 Å². The molecule has 0 saturated carbocycles. The standard InChI is InChI=1S/C14H15N3O3S/c1-11-13(10-17(2)15-11)16-21(19,20)14-8-4-3-6-12(14)7-5-9-18/h3-4,6,8,10,16,18H,9H2,1-2H3. The Morgan fingerprint density at radius 3 is 2.71 bits per heavy atom. The molecule has 6 nitrogen and oxygen atoms in total. The number of hydrogen-bond acceptors (Lipinski definition) is 4. The van der Waals surface area contributed by atoms with Crippen LogP contribution in [0.3, 0.4) is 0 Å². The third-order valence-electron chi connectivity index (χ3n) is 2.74. The number of rotatable bonds is 3. The molecule has 0 aliphatic heterocycles. The van der Waals surface area contributed by atoms with Crippen LogP contribution in [0.2, 0.25) is 0 Å². The van der Waals surface area contributed by atoms with Crippen molar-refractivity contribution in [3.05, 3.63) is 41.7 Å². The number of benzene rings is 1. The molecule has 0 fully saturated rings. The van der Waals surface area contributed by atoms with E-state index in [1.54, 1.807) is 38.4 Å². The van der Waals surface area contributed by atoms with E-state index in [1.165, 1.54) is 10.7 Å². The molecule has 7 heteroatoms. The zero-order valence-electron chi connectivity index (χ0n) is 11.7. The number of hydrogen-bond donors (Lipinski definition) is 2. The van der Waals surface area contributed by atoms with Gasteiger partial charge in [0.25, 0.3) is 10.0 Å². The van der Waals surface area contributed by atoms with E-state index in [0.717, 1.165) is 0 Å². The van der Waals surface area contributed by atoms with E-state index >= 15 is 0 Å². The van der Waals surface area contributed by atoms with Gasteiger partial charge in [0, 0.05) is 18.8 Å². The van der Waals surface area contributed by atoms with E-state index in [2.05, 4.69) is 21.7 Å². The molecule has 21 heavy (non-hydrogen) atoms. The highest BCUT2D eigenvalue weighted by atomic mass is 32.2. The zero-order chi connectivity index (χ0) is 15.5. The molecule has 1 aromatic carbocycles. The van der Waals surface area contributed by atoms with E-state index in [0.29, 0.717) is 16.9 Å². The molecule has 110 valence electrons. The number of anilines is 1. The summed E-state index contributed by atoms with van der Waals surface area (Å²) in [5, 5.41) is 12.8. The summed E-state index contributed by atoms with van der Waals surface area (Å²) in [6.07, 6.45) is 1.59. The summed E-state index contributed by atoms with van der Waals surface area (Å²) in [6.45, 7) is 1.39. The molecular weight excluding hydrogens is 290 g/mol. The monoisotopic (exact) mass is 305 g/mol. The molecule has 0 bridgehead atoms. The zero-order valence-corrected chi connectivity index (χ0v) is 12.5. The first-order valence-electron chi connectivity index (χ1n) is 6.16. The summed E-state index contributed by atoms with van der Waals surface area (Å²) in [5.41, 5.74) is 1.34. The largest absolute Gasteiger partial charge is 0.384 e. The molecule has 0 aliphatic rings. The van der Waals surface area contributed by atoms with Gasteiger partial charge in [0.15, 0.2) is 0 Å². The Hall–Kier alpha value is -2.30. The minimum Gasteiger partial charge on any atom is -0.384 e. The lowest BCUT2D eigenvalue weighted by atomic mass is 10.2. The molecule has 1 aromatic heterocycles. The number of aliphatic hydroxyl groups excluding tert-OH is 1. The topological polar surface area (TPSA) is 84.2 Å². The van der Waals surface area contributed by atoms with Crippen LogP contribution in [0.5, 0.6) is 0 Å². The fraction of sp³-hybridized carbons (Fsp3) is 0.214. The second-order valence-electron chi connectivity index (χ2n) is 4.36. The van der Waals surface area contributed by atoms with Crippen molar-refractivity contribution in [2.24, 2.45) is 7.05 Å². The number of aromatic nitrogens is 2. The molecule has 2 aromatic rings. The maximum atomic E-state index is 12.5. The maximum absolute atomic E-state index is 12.5. The van der Waals surface area contributed by atoms with Crippen LogP contribution in [-0.2, 0) is 17.1 Å². The lowest BCUT2D eigenvalue weighted by Crippen LogP contribution is -2.14. The molecule has 0 aliphatic carbocycles. The van der Waals surface area contributed by atoms with Crippen LogP contribution in [0.25, 0.3) is 0 Å². The second-order valence-corrected chi connectivity index (χ2v) is 6.01. The minimum atomic E-state index is -3.77. The van der Waals surface area contributed by atoms with Crippen molar-refractivity contribution in [3.8, 4) is 11.8 Å². The summed E-state index contributed by atoms with van der Waals surface area (Å²) in [4.78, 5) is 0.0641. The average molecular weight is 305 g/mol. The Morgan fingerprint density at radius 2 is 2.10 bits per heavy atom. The Morgan fingerprint density at radius 1 is 1.38 bits per heavy atom. The molecule has 0 atom stereocenters. The fourth-order valence-electron chi connectivity index (χ4n) is 1.84. The lowest BCUT2D eigenvalue weighted by molar-refractivity contribution is 0.350. The van der Waals surface area contributed by atoms with Crippen molar-refractivity contribution in [1.29, 1.82) is 0 Å². The summed E-state index contributed by atoms with van der Waals surface area (Å²) >= 11 is 0. The Labute approximate surface area is 123 Å². The van der Waals surface area contributed by atoms with Crippen molar-refractivity contribution in [2.75, 3.05) is 11.3 Å². The third-order valence-corrected chi connectivity index (χ3v) is 4.16.